The number of hydrazone groups is 1. The Morgan fingerprint density at radius 2 is 2.19 bits per heavy atom. The van der Waals surface area contributed by atoms with Crippen LogP contribution in [0, 0.1) is 6.92 Å². The van der Waals surface area contributed by atoms with Crippen molar-refractivity contribution >= 4 is 23.7 Å². The molecule has 0 fully saturated rings. The number of pyridine rings is 1. The standard InChI is InChI=1S/C15H14ClN3O2/c1-10-3-4-11(8-17-10)15(20)19-18-9-12-7-13(16)5-6-14(12)21-2/h3-9H,1-2H3,(H,19,20)/b18-9+. The molecule has 0 saturated carbocycles. The highest BCUT2D eigenvalue weighted by Gasteiger charge is 2.05. The molecule has 1 heterocycles. The lowest BCUT2D eigenvalue weighted by atomic mass is 10.2. The average molecular weight is 304 g/mol. The summed E-state index contributed by atoms with van der Waals surface area (Å²) in [6.45, 7) is 1.85. The monoisotopic (exact) mass is 303 g/mol. The summed E-state index contributed by atoms with van der Waals surface area (Å²) in [4.78, 5) is 15.9. The number of hydrogen-bond acceptors (Lipinski definition) is 4. The van der Waals surface area contributed by atoms with Crippen molar-refractivity contribution in [2.24, 2.45) is 5.10 Å². The van der Waals surface area contributed by atoms with Crippen LogP contribution in [0.2, 0.25) is 5.02 Å². The number of rotatable bonds is 4. The molecule has 2 rings (SSSR count). The molecular formula is C15H14ClN3O2. The summed E-state index contributed by atoms with van der Waals surface area (Å²) in [5.74, 6) is 0.286. The van der Waals surface area contributed by atoms with Gasteiger partial charge in [0.2, 0.25) is 0 Å². The summed E-state index contributed by atoms with van der Waals surface area (Å²) in [5, 5.41) is 4.46. The molecule has 1 aromatic carbocycles. The van der Waals surface area contributed by atoms with E-state index in [-0.39, 0.29) is 5.91 Å². The van der Waals surface area contributed by atoms with Crippen LogP contribution in [0.25, 0.3) is 0 Å². The van der Waals surface area contributed by atoms with Gasteiger partial charge in [-0.25, -0.2) is 5.43 Å². The van der Waals surface area contributed by atoms with E-state index in [0.717, 1.165) is 5.69 Å². The molecule has 1 amide bonds. The van der Waals surface area contributed by atoms with Crippen molar-refractivity contribution in [3.63, 3.8) is 0 Å². The number of aromatic nitrogens is 1. The number of nitrogens with one attached hydrogen (secondary N) is 1. The molecule has 5 nitrogen and oxygen atoms in total. The van der Waals surface area contributed by atoms with Gasteiger partial charge in [0.1, 0.15) is 5.75 Å². The minimum absolute atomic E-state index is 0.334. The fourth-order valence-corrected chi connectivity index (χ4v) is 1.81. The molecule has 0 saturated heterocycles. The van der Waals surface area contributed by atoms with Gasteiger partial charge in [0.25, 0.3) is 5.91 Å². The second kappa shape index (κ2) is 6.85. The van der Waals surface area contributed by atoms with Crippen molar-refractivity contribution in [3.05, 3.63) is 58.4 Å². The van der Waals surface area contributed by atoms with Crippen LogP contribution in [-0.4, -0.2) is 24.2 Å². The Balaban J connectivity index is 2.07. The largest absolute Gasteiger partial charge is 0.496 e. The summed E-state index contributed by atoms with van der Waals surface area (Å²) in [7, 11) is 1.55. The molecule has 6 heteroatoms. The van der Waals surface area contributed by atoms with Crippen molar-refractivity contribution in [3.8, 4) is 5.75 Å². The molecule has 0 unspecified atom stereocenters. The first-order valence-corrected chi connectivity index (χ1v) is 6.57. The SMILES string of the molecule is COc1ccc(Cl)cc1/C=N/NC(=O)c1ccc(C)nc1. The molecule has 0 aliphatic heterocycles. The van der Waals surface area contributed by atoms with E-state index < -0.39 is 0 Å². The maximum Gasteiger partial charge on any atom is 0.272 e. The number of halogens is 1. The minimum atomic E-state index is -0.334. The van der Waals surface area contributed by atoms with Crippen molar-refractivity contribution < 1.29 is 9.53 Å². The molecule has 0 aliphatic carbocycles. The summed E-state index contributed by atoms with van der Waals surface area (Å²) in [6.07, 6.45) is 2.98. The second-order valence-electron chi connectivity index (χ2n) is 4.27. The molecule has 0 bridgehead atoms. The summed E-state index contributed by atoms with van der Waals surface area (Å²) in [6, 6.07) is 8.60. The Kier molecular flexibility index (Phi) is 4.90. The van der Waals surface area contributed by atoms with Crippen LogP contribution in [0.1, 0.15) is 21.6 Å². The van der Waals surface area contributed by atoms with E-state index in [2.05, 4.69) is 15.5 Å². The lowest BCUT2D eigenvalue weighted by Gasteiger charge is -2.04. The molecule has 2 aromatic rings. The van der Waals surface area contributed by atoms with E-state index in [1.54, 1.807) is 37.4 Å². The van der Waals surface area contributed by atoms with E-state index in [1.807, 2.05) is 6.92 Å². The summed E-state index contributed by atoms with van der Waals surface area (Å²) >= 11 is 5.91. The smallest absolute Gasteiger partial charge is 0.272 e. The van der Waals surface area contributed by atoms with E-state index in [1.165, 1.54) is 12.4 Å². The highest BCUT2D eigenvalue weighted by atomic mass is 35.5. The zero-order valence-corrected chi connectivity index (χ0v) is 12.4. The van der Waals surface area contributed by atoms with Crippen molar-refractivity contribution in [1.29, 1.82) is 0 Å². The van der Waals surface area contributed by atoms with Crippen LogP contribution in [0.5, 0.6) is 5.75 Å². The molecule has 0 aliphatic rings. The molecule has 0 atom stereocenters. The third-order valence-electron chi connectivity index (χ3n) is 2.74. The maximum absolute atomic E-state index is 11.8. The van der Waals surface area contributed by atoms with E-state index in [0.29, 0.717) is 21.9 Å². The van der Waals surface area contributed by atoms with Gasteiger partial charge < -0.3 is 4.74 Å². The minimum Gasteiger partial charge on any atom is -0.496 e. The predicted octanol–water partition coefficient (Wildman–Crippen LogP) is 2.82. The topological polar surface area (TPSA) is 63.6 Å². The third-order valence-corrected chi connectivity index (χ3v) is 2.97. The van der Waals surface area contributed by atoms with E-state index in [4.69, 9.17) is 16.3 Å². The Hall–Kier alpha value is -2.40. The first-order valence-electron chi connectivity index (χ1n) is 6.20. The van der Waals surface area contributed by atoms with Crippen molar-refractivity contribution in [2.75, 3.05) is 7.11 Å². The zero-order chi connectivity index (χ0) is 15.2. The van der Waals surface area contributed by atoms with Gasteiger partial charge in [-0.05, 0) is 37.3 Å². The Morgan fingerprint density at radius 3 is 2.86 bits per heavy atom. The molecular weight excluding hydrogens is 290 g/mol. The van der Waals surface area contributed by atoms with E-state index in [9.17, 15) is 4.79 Å². The van der Waals surface area contributed by atoms with E-state index >= 15 is 0 Å². The second-order valence-corrected chi connectivity index (χ2v) is 4.71. The van der Waals surface area contributed by atoms with Crippen molar-refractivity contribution in [1.82, 2.24) is 10.4 Å². The fraction of sp³-hybridized carbons (Fsp3) is 0.133. The van der Waals surface area contributed by atoms with Crippen LogP contribution in [-0.2, 0) is 0 Å². The number of amides is 1. The number of aryl methyl sites for hydroxylation is 1. The Morgan fingerprint density at radius 1 is 1.38 bits per heavy atom. The highest BCUT2D eigenvalue weighted by Crippen LogP contribution is 2.20. The highest BCUT2D eigenvalue weighted by molar-refractivity contribution is 6.30. The van der Waals surface area contributed by atoms with Crippen LogP contribution >= 0.6 is 11.6 Å². The first kappa shape index (κ1) is 15.0. The molecule has 0 spiro atoms. The first-order chi connectivity index (χ1) is 10.1. The van der Waals surface area contributed by atoms with Gasteiger partial charge in [0, 0.05) is 22.5 Å². The zero-order valence-electron chi connectivity index (χ0n) is 11.6. The lowest BCUT2D eigenvalue weighted by Crippen LogP contribution is -2.17. The number of carbonyl (C=O) groups excluding carboxylic acids is 1. The number of nitrogens with zero attached hydrogens (tertiary/aromatic N) is 2. The van der Waals surface area contributed by atoms with Gasteiger partial charge in [0.15, 0.2) is 0 Å². The third kappa shape index (κ3) is 4.03. The fourth-order valence-electron chi connectivity index (χ4n) is 1.63. The van der Waals surface area contributed by atoms with Gasteiger partial charge in [-0.3, -0.25) is 9.78 Å². The maximum atomic E-state index is 11.8. The van der Waals surface area contributed by atoms with Crippen LogP contribution in [0.3, 0.4) is 0 Å². The van der Waals surface area contributed by atoms with Crippen LogP contribution < -0.4 is 10.2 Å². The number of methoxy groups -OCH3 is 1. The average Bonchev–Trinajstić information content (AvgIpc) is 2.48. The van der Waals surface area contributed by atoms with Crippen LogP contribution in [0.15, 0.2) is 41.6 Å². The molecule has 0 radical (unpaired) electrons. The molecule has 1 aromatic heterocycles. The lowest BCUT2D eigenvalue weighted by molar-refractivity contribution is 0.0955. The van der Waals surface area contributed by atoms with Crippen molar-refractivity contribution in [2.45, 2.75) is 6.92 Å². The van der Waals surface area contributed by atoms with Gasteiger partial charge in [-0.1, -0.05) is 11.6 Å². The normalized spacial score (nSPS) is 10.6. The van der Waals surface area contributed by atoms with Gasteiger partial charge in [0.05, 0.1) is 18.9 Å². The number of benzene rings is 1. The Labute approximate surface area is 127 Å². The number of hydrogen-bond donors (Lipinski definition) is 1. The van der Waals surface area contributed by atoms with Gasteiger partial charge in [-0.15, -0.1) is 0 Å². The quantitative estimate of drug-likeness (QED) is 0.698. The molecule has 21 heavy (non-hydrogen) atoms. The molecule has 108 valence electrons. The van der Waals surface area contributed by atoms with Crippen LogP contribution in [0.4, 0.5) is 0 Å². The van der Waals surface area contributed by atoms with Gasteiger partial charge >= 0.3 is 0 Å². The number of ether oxygens (including phenoxy) is 1. The predicted molar refractivity (Wildman–Crippen MR) is 82.0 cm³/mol. The summed E-state index contributed by atoms with van der Waals surface area (Å²) < 4.78 is 5.18. The molecule has 1 N–H and O–H groups in total. The number of carbonyl (C=O) groups is 1. The Bertz CT molecular complexity index is 669. The van der Waals surface area contributed by atoms with Gasteiger partial charge in [-0.2, -0.15) is 5.10 Å². The summed E-state index contributed by atoms with van der Waals surface area (Å²) in [5.41, 5.74) is 4.39.